The molecule has 0 aliphatic heterocycles. The van der Waals surface area contributed by atoms with Gasteiger partial charge in [-0.05, 0) is 22.3 Å². The minimum absolute atomic E-state index is 0.0705. The van der Waals surface area contributed by atoms with Gasteiger partial charge in [-0.15, -0.1) is 0 Å². The topological polar surface area (TPSA) is 34.1 Å². The smallest absolute Gasteiger partial charge is 0.199 e. The molecule has 0 amide bonds. The number of Topliss-reactive ketones (excluding diaryl/α,β-unsaturated/α-hetero) is 2. The summed E-state index contributed by atoms with van der Waals surface area (Å²) in [6.07, 6.45) is 0.736. The van der Waals surface area contributed by atoms with Gasteiger partial charge >= 0.3 is 0 Å². The highest BCUT2D eigenvalue weighted by Crippen LogP contribution is 2.34. The van der Waals surface area contributed by atoms with Crippen LogP contribution in [0, 0.1) is 0 Å². The third-order valence-corrected chi connectivity index (χ3v) is 3.44. The Morgan fingerprint density at radius 3 is 2.24 bits per heavy atom. The molecular weight excluding hydrogens is 212 g/mol. The van der Waals surface area contributed by atoms with Crippen molar-refractivity contribution < 1.29 is 9.59 Å². The molecule has 0 unspecified atom stereocenters. The predicted octanol–water partition coefficient (Wildman–Crippen LogP) is 2.86. The minimum atomic E-state index is -0.220. The third-order valence-electron chi connectivity index (χ3n) is 3.44. The van der Waals surface area contributed by atoms with E-state index >= 15 is 0 Å². The van der Waals surface area contributed by atoms with Gasteiger partial charge in [-0.2, -0.15) is 0 Å². The van der Waals surface area contributed by atoms with Gasteiger partial charge in [0.05, 0.1) is 0 Å². The number of carbonyl (C=O) groups is 2. The van der Waals surface area contributed by atoms with Crippen LogP contribution < -0.4 is 0 Å². The maximum atomic E-state index is 11.3. The first kappa shape index (κ1) is 10.2. The Hall–Kier alpha value is -1.96. The first-order chi connectivity index (χ1) is 8.25. The number of rotatable bonds is 1. The summed E-state index contributed by atoms with van der Waals surface area (Å²) in [4.78, 5) is 22.7. The molecule has 0 bridgehead atoms. The van der Waals surface area contributed by atoms with Gasteiger partial charge in [0.15, 0.2) is 11.6 Å². The molecule has 1 aliphatic rings. The van der Waals surface area contributed by atoms with Crippen molar-refractivity contribution in [1.82, 2.24) is 0 Å². The van der Waals surface area contributed by atoms with Gasteiger partial charge in [-0.25, -0.2) is 0 Å². The molecule has 84 valence electrons. The number of hydrogen-bond acceptors (Lipinski definition) is 2. The maximum absolute atomic E-state index is 11.3. The molecular formula is C15H12O2. The van der Waals surface area contributed by atoms with Gasteiger partial charge in [0.2, 0.25) is 0 Å². The standard InChI is InChI=1S/C15H12O2/c16-14-8-11(9-15(14)17)13-7-3-5-10-4-1-2-6-12(10)13/h1-7,11H,8-9H2. The van der Waals surface area contributed by atoms with E-state index in [1.807, 2.05) is 24.3 Å². The fourth-order valence-electron chi connectivity index (χ4n) is 2.57. The third kappa shape index (κ3) is 1.66. The van der Waals surface area contributed by atoms with Crippen LogP contribution in [0.3, 0.4) is 0 Å². The van der Waals surface area contributed by atoms with Crippen molar-refractivity contribution in [3.05, 3.63) is 48.0 Å². The van der Waals surface area contributed by atoms with Crippen LogP contribution in [0.25, 0.3) is 10.8 Å². The highest BCUT2D eigenvalue weighted by Gasteiger charge is 2.31. The largest absolute Gasteiger partial charge is 0.291 e. The first-order valence-corrected chi connectivity index (χ1v) is 5.79. The molecule has 2 aromatic carbocycles. The van der Waals surface area contributed by atoms with Gasteiger partial charge < -0.3 is 0 Å². The molecule has 3 rings (SSSR count). The van der Waals surface area contributed by atoms with E-state index in [1.165, 1.54) is 0 Å². The van der Waals surface area contributed by atoms with Crippen molar-refractivity contribution in [1.29, 1.82) is 0 Å². The van der Waals surface area contributed by atoms with Crippen molar-refractivity contribution in [2.45, 2.75) is 18.8 Å². The zero-order valence-corrected chi connectivity index (χ0v) is 9.35. The molecule has 0 saturated heterocycles. The molecule has 0 radical (unpaired) electrons. The molecule has 0 atom stereocenters. The summed E-state index contributed by atoms with van der Waals surface area (Å²) >= 11 is 0. The lowest BCUT2D eigenvalue weighted by molar-refractivity contribution is -0.134. The van der Waals surface area contributed by atoms with Crippen LogP contribution in [0.5, 0.6) is 0 Å². The van der Waals surface area contributed by atoms with Crippen molar-refractivity contribution in [3.8, 4) is 0 Å². The van der Waals surface area contributed by atoms with Gasteiger partial charge in [0.25, 0.3) is 0 Å². The fraction of sp³-hybridized carbons (Fsp3) is 0.200. The number of carbonyl (C=O) groups excluding carboxylic acids is 2. The lowest BCUT2D eigenvalue weighted by atomic mass is 9.92. The first-order valence-electron chi connectivity index (χ1n) is 5.79. The number of hydrogen-bond donors (Lipinski definition) is 0. The lowest BCUT2D eigenvalue weighted by Gasteiger charge is -2.11. The summed E-state index contributed by atoms with van der Waals surface area (Å²) in [5, 5.41) is 2.32. The summed E-state index contributed by atoms with van der Waals surface area (Å²) in [6, 6.07) is 14.2. The zero-order chi connectivity index (χ0) is 11.8. The maximum Gasteiger partial charge on any atom is 0.199 e. The summed E-state index contributed by atoms with van der Waals surface area (Å²) in [5.74, 6) is -0.369. The van der Waals surface area contributed by atoms with E-state index in [4.69, 9.17) is 0 Å². The second-order valence-corrected chi connectivity index (χ2v) is 4.52. The van der Waals surface area contributed by atoms with E-state index in [9.17, 15) is 9.59 Å². The van der Waals surface area contributed by atoms with Crippen molar-refractivity contribution in [3.63, 3.8) is 0 Å². The minimum Gasteiger partial charge on any atom is -0.291 e. The second-order valence-electron chi connectivity index (χ2n) is 4.52. The molecule has 2 aromatic rings. The number of fused-ring (bicyclic) bond motifs is 1. The van der Waals surface area contributed by atoms with Gasteiger partial charge in [-0.1, -0.05) is 42.5 Å². The van der Waals surface area contributed by atoms with E-state index in [0.717, 1.165) is 16.3 Å². The normalized spacial score (nSPS) is 16.9. The van der Waals surface area contributed by atoms with Gasteiger partial charge in [-0.3, -0.25) is 9.59 Å². The fourth-order valence-corrected chi connectivity index (χ4v) is 2.57. The van der Waals surface area contributed by atoms with Crippen molar-refractivity contribution in [2.75, 3.05) is 0 Å². The Morgan fingerprint density at radius 2 is 1.47 bits per heavy atom. The Balaban J connectivity index is 2.12. The van der Waals surface area contributed by atoms with E-state index in [0.29, 0.717) is 12.8 Å². The van der Waals surface area contributed by atoms with Crippen LogP contribution in [0.1, 0.15) is 24.3 Å². The average molecular weight is 224 g/mol. The molecule has 0 aromatic heterocycles. The lowest BCUT2D eigenvalue weighted by Crippen LogP contribution is -2.01. The van der Waals surface area contributed by atoms with Crippen LogP contribution in [-0.4, -0.2) is 11.6 Å². The predicted molar refractivity (Wildman–Crippen MR) is 65.9 cm³/mol. The van der Waals surface area contributed by atoms with E-state index < -0.39 is 0 Å². The second kappa shape index (κ2) is 3.81. The van der Waals surface area contributed by atoms with Crippen LogP contribution in [0.4, 0.5) is 0 Å². The molecule has 0 N–H and O–H groups in total. The zero-order valence-electron chi connectivity index (χ0n) is 9.35. The molecule has 0 spiro atoms. The molecule has 2 heteroatoms. The SMILES string of the molecule is O=C1CC(c2cccc3ccccc23)CC1=O. The number of ketones is 2. The van der Waals surface area contributed by atoms with Crippen LogP contribution in [0.15, 0.2) is 42.5 Å². The molecule has 1 saturated carbocycles. The summed E-state index contributed by atoms with van der Waals surface area (Å²) in [7, 11) is 0. The Bertz CT molecular complexity index is 592. The molecule has 1 aliphatic carbocycles. The molecule has 0 heterocycles. The van der Waals surface area contributed by atoms with Crippen LogP contribution in [0.2, 0.25) is 0 Å². The van der Waals surface area contributed by atoms with E-state index in [2.05, 4.69) is 18.2 Å². The Labute approximate surface area is 99.3 Å². The van der Waals surface area contributed by atoms with Crippen LogP contribution in [-0.2, 0) is 9.59 Å². The highest BCUT2D eigenvalue weighted by molar-refractivity contribution is 6.39. The molecule has 2 nitrogen and oxygen atoms in total. The summed E-state index contributed by atoms with van der Waals surface area (Å²) in [5.41, 5.74) is 1.13. The van der Waals surface area contributed by atoms with E-state index in [-0.39, 0.29) is 17.5 Å². The van der Waals surface area contributed by atoms with E-state index in [1.54, 1.807) is 0 Å². The Kier molecular flexibility index (Phi) is 2.29. The van der Waals surface area contributed by atoms with Crippen molar-refractivity contribution >= 4 is 22.3 Å². The average Bonchev–Trinajstić information content (AvgIpc) is 2.69. The van der Waals surface area contributed by atoms with Crippen molar-refractivity contribution in [2.24, 2.45) is 0 Å². The van der Waals surface area contributed by atoms with Gasteiger partial charge in [0, 0.05) is 12.8 Å². The molecule has 17 heavy (non-hydrogen) atoms. The monoisotopic (exact) mass is 224 g/mol. The highest BCUT2D eigenvalue weighted by atomic mass is 16.2. The summed E-state index contributed by atoms with van der Waals surface area (Å²) < 4.78 is 0. The Morgan fingerprint density at radius 1 is 0.824 bits per heavy atom. The quantitative estimate of drug-likeness (QED) is 0.698. The van der Waals surface area contributed by atoms with Gasteiger partial charge in [0.1, 0.15) is 0 Å². The molecule has 1 fully saturated rings. The number of benzene rings is 2. The van der Waals surface area contributed by atoms with Crippen LogP contribution >= 0.6 is 0 Å². The summed E-state index contributed by atoms with van der Waals surface area (Å²) in [6.45, 7) is 0.